The summed E-state index contributed by atoms with van der Waals surface area (Å²) in [5.41, 5.74) is 0. The molecule has 0 heterocycles. The third kappa shape index (κ3) is 39.9. The van der Waals surface area contributed by atoms with Crippen LogP contribution in [0.2, 0.25) is 0 Å². The summed E-state index contributed by atoms with van der Waals surface area (Å²) in [5.74, 6) is 0.833. The summed E-state index contributed by atoms with van der Waals surface area (Å²) in [6.45, 7) is 11.3. The highest BCUT2D eigenvalue weighted by Crippen LogP contribution is 2.17. The highest BCUT2D eigenvalue weighted by Gasteiger charge is 2.19. The van der Waals surface area contributed by atoms with Crippen LogP contribution in [0.5, 0.6) is 0 Å². The smallest absolute Gasteiger partial charge is 0.306 e. The van der Waals surface area contributed by atoms with E-state index in [9.17, 15) is 14.4 Å². The Morgan fingerprint density at radius 1 is 0.396 bits per heavy atom. The third-order valence-electron chi connectivity index (χ3n) is 10.8. The van der Waals surface area contributed by atoms with Gasteiger partial charge in [0.15, 0.2) is 6.10 Å². The van der Waals surface area contributed by atoms with E-state index in [2.05, 4.69) is 34.6 Å². The summed E-state index contributed by atoms with van der Waals surface area (Å²) in [7, 11) is 0. The van der Waals surface area contributed by atoms with Crippen molar-refractivity contribution in [3.63, 3.8) is 0 Å². The summed E-state index contributed by atoms with van der Waals surface area (Å²) < 4.78 is 16.6. The highest BCUT2D eigenvalue weighted by atomic mass is 16.6. The predicted molar refractivity (Wildman–Crippen MR) is 224 cm³/mol. The van der Waals surface area contributed by atoms with Crippen molar-refractivity contribution in [2.75, 3.05) is 13.2 Å². The Bertz CT molecular complexity index is 811. The topological polar surface area (TPSA) is 78.9 Å². The number of ether oxygens (including phenoxy) is 3. The van der Waals surface area contributed by atoms with E-state index in [0.29, 0.717) is 19.3 Å². The molecule has 0 rings (SSSR count). The monoisotopic (exact) mass is 751 g/mol. The second kappa shape index (κ2) is 40.1. The number of hydrogen-bond donors (Lipinski definition) is 0. The molecule has 0 aromatic carbocycles. The molecule has 314 valence electrons. The maximum Gasteiger partial charge on any atom is 0.306 e. The average molecular weight is 751 g/mol. The fourth-order valence-electron chi connectivity index (χ4n) is 6.90. The van der Waals surface area contributed by atoms with Crippen molar-refractivity contribution in [1.82, 2.24) is 0 Å². The van der Waals surface area contributed by atoms with Crippen LogP contribution in [0, 0.1) is 11.8 Å². The van der Waals surface area contributed by atoms with Gasteiger partial charge in [-0.15, -0.1) is 0 Å². The maximum absolute atomic E-state index is 12.5. The molecule has 0 radical (unpaired) electrons. The highest BCUT2D eigenvalue weighted by molar-refractivity contribution is 5.71. The van der Waals surface area contributed by atoms with Crippen molar-refractivity contribution >= 4 is 17.9 Å². The zero-order valence-corrected chi connectivity index (χ0v) is 36.1. The van der Waals surface area contributed by atoms with E-state index in [1.54, 1.807) is 0 Å². The molecule has 53 heavy (non-hydrogen) atoms. The van der Waals surface area contributed by atoms with Gasteiger partial charge < -0.3 is 14.2 Å². The number of hydrogen-bond acceptors (Lipinski definition) is 6. The van der Waals surface area contributed by atoms with Gasteiger partial charge in [-0.25, -0.2) is 0 Å². The largest absolute Gasteiger partial charge is 0.462 e. The first-order chi connectivity index (χ1) is 25.8. The van der Waals surface area contributed by atoms with Crippen molar-refractivity contribution in [3.8, 4) is 0 Å². The zero-order chi connectivity index (χ0) is 39.0. The molecule has 0 saturated carbocycles. The van der Waals surface area contributed by atoms with Crippen molar-refractivity contribution in [3.05, 3.63) is 0 Å². The molecule has 0 aromatic heterocycles. The molecule has 0 aromatic rings. The quantitative estimate of drug-likeness (QED) is 0.0352. The fourth-order valence-corrected chi connectivity index (χ4v) is 6.90. The second-order valence-electron chi connectivity index (χ2n) is 16.8. The molecule has 0 amide bonds. The van der Waals surface area contributed by atoms with E-state index in [1.807, 2.05) is 0 Å². The minimum absolute atomic E-state index is 0.0661. The Morgan fingerprint density at radius 3 is 1.08 bits per heavy atom. The molecule has 0 bridgehead atoms. The minimum atomic E-state index is -0.758. The van der Waals surface area contributed by atoms with Crippen LogP contribution in [0.4, 0.5) is 0 Å². The molecule has 2 atom stereocenters. The molecule has 0 fully saturated rings. The number of carbonyl (C=O) groups excluding carboxylic acids is 3. The third-order valence-corrected chi connectivity index (χ3v) is 10.8. The van der Waals surface area contributed by atoms with Gasteiger partial charge in [0.25, 0.3) is 0 Å². The van der Waals surface area contributed by atoms with Crippen LogP contribution in [0.3, 0.4) is 0 Å². The lowest BCUT2D eigenvalue weighted by atomic mass is 9.99. The van der Waals surface area contributed by atoms with Crippen LogP contribution in [0.1, 0.15) is 253 Å². The summed E-state index contributed by atoms with van der Waals surface area (Å²) in [6, 6.07) is 0. The molecule has 0 aliphatic carbocycles. The van der Waals surface area contributed by atoms with Crippen molar-refractivity contribution in [2.45, 2.75) is 259 Å². The minimum Gasteiger partial charge on any atom is -0.462 e. The Balaban J connectivity index is 4.10. The van der Waals surface area contributed by atoms with Gasteiger partial charge in [-0.1, -0.05) is 214 Å². The van der Waals surface area contributed by atoms with Crippen LogP contribution in [0.25, 0.3) is 0 Å². The van der Waals surface area contributed by atoms with Gasteiger partial charge in [-0.3, -0.25) is 14.4 Å². The van der Waals surface area contributed by atoms with Gasteiger partial charge >= 0.3 is 17.9 Å². The van der Waals surface area contributed by atoms with Crippen molar-refractivity contribution in [2.24, 2.45) is 11.8 Å². The Hall–Kier alpha value is -1.59. The first kappa shape index (κ1) is 51.4. The fraction of sp³-hybridized carbons (Fsp3) is 0.936. The summed E-state index contributed by atoms with van der Waals surface area (Å²) in [6.07, 6.45) is 38.3. The SMILES string of the molecule is CCCCCCCC(=O)O[C@@H](COC(=O)CCCCCCCCCCCCCCCCC(C)CC)COC(=O)CCCCCCCCCCCC(C)C. The van der Waals surface area contributed by atoms with Crippen LogP contribution in [-0.2, 0) is 28.6 Å². The molecule has 0 aliphatic heterocycles. The van der Waals surface area contributed by atoms with Gasteiger partial charge in [0.05, 0.1) is 0 Å². The standard InChI is InChI=1S/C47H90O6/c1-6-8-9-25-34-39-47(50)53-44(41-52-46(49)38-33-29-24-20-16-17-21-26-30-35-42(3)4)40-51-45(48)37-32-28-23-19-15-13-11-10-12-14-18-22-27-31-36-43(5)7-2/h42-44H,6-41H2,1-5H3/t43?,44-/m0/s1. The van der Waals surface area contributed by atoms with Gasteiger partial charge in [0.1, 0.15) is 13.2 Å². The van der Waals surface area contributed by atoms with E-state index in [4.69, 9.17) is 14.2 Å². The molecule has 6 nitrogen and oxygen atoms in total. The summed E-state index contributed by atoms with van der Waals surface area (Å²) in [4.78, 5) is 37.5. The van der Waals surface area contributed by atoms with Crippen LogP contribution in [-0.4, -0.2) is 37.2 Å². The van der Waals surface area contributed by atoms with Gasteiger partial charge in [-0.05, 0) is 31.1 Å². The van der Waals surface area contributed by atoms with Gasteiger partial charge in [0.2, 0.25) is 0 Å². The van der Waals surface area contributed by atoms with E-state index < -0.39 is 6.10 Å². The number of rotatable bonds is 41. The van der Waals surface area contributed by atoms with E-state index in [-0.39, 0.29) is 31.1 Å². The lowest BCUT2D eigenvalue weighted by Crippen LogP contribution is -2.30. The molecule has 0 N–H and O–H groups in total. The van der Waals surface area contributed by atoms with Crippen LogP contribution < -0.4 is 0 Å². The molecule has 0 spiro atoms. The summed E-state index contributed by atoms with van der Waals surface area (Å²) in [5, 5.41) is 0. The van der Waals surface area contributed by atoms with E-state index in [0.717, 1.165) is 76.0 Å². The van der Waals surface area contributed by atoms with Crippen molar-refractivity contribution in [1.29, 1.82) is 0 Å². The molecule has 1 unspecified atom stereocenters. The van der Waals surface area contributed by atoms with Crippen LogP contribution in [0.15, 0.2) is 0 Å². The Kier molecular flexibility index (Phi) is 38.9. The predicted octanol–water partition coefficient (Wildman–Crippen LogP) is 14.6. The maximum atomic E-state index is 12.5. The van der Waals surface area contributed by atoms with Gasteiger partial charge in [-0.2, -0.15) is 0 Å². The van der Waals surface area contributed by atoms with E-state index >= 15 is 0 Å². The molecular weight excluding hydrogens is 661 g/mol. The lowest BCUT2D eigenvalue weighted by molar-refractivity contribution is -0.167. The van der Waals surface area contributed by atoms with E-state index in [1.165, 1.54) is 135 Å². The number of esters is 3. The molecule has 6 heteroatoms. The Labute approximate surface area is 329 Å². The zero-order valence-electron chi connectivity index (χ0n) is 36.1. The molecule has 0 aliphatic rings. The second-order valence-corrected chi connectivity index (χ2v) is 16.8. The number of carbonyl (C=O) groups is 3. The summed E-state index contributed by atoms with van der Waals surface area (Å²) >= 11 is 0. The first-order valence-electron chi connectivity index (χ1n) is 23.3. The lowest BCUT2D eigenvalue weighted by Gasteiger charge is -2.18. The first-order valence-corrected chi connectivity index (χ1v) is 23.3. The molecular formula is C47H90O6. The van der Waals surface area contributed by atoms with Crippen molar-refractivity contribution < 1.29 is 28.6 Å². The average Bonchev–Trinajstić information content (AvgIpc) is 3.14. The number of unbranched alkanes of at least 4 members (excludes halogenated alkanes) is 25. The van der Waals surface area contributed by atoms with Gasteiger partial charge in [0, 0.05) is 19.3 Å². The normalized spacial score (nSPS) is 12.6. The van der Waals surface area contributed by atoms with Crippen LogP contribution >= 0.6 is 0 Å². The Morgan fingerprint density at radius 2 is 0.717 bits per heavy atom. The molecule has 0 saturated heterocycles.